The zero-order valence-corrected chi connectivity index (χ0v) is 16.2. The number of primary amides is 1. The summed E-state index contributed by atoms with van der Waals surface area (Å²) in [6.45, 7) is 2.48. The van der Waals surface area contributed by atoms with Gasteiger partial charge in [0.1, 0.15) is 5.00 Å². The highest BCUT2D eigenvalue weighted by Gasteiger charge is 2.28. The average molecular weight is 402 g/mol. The number of piperazine rings is 1. The highest BCUT2D eigenvalue weighted by Crippen LogP contribution is 2.38. The number of fused-ring (bicyclic) bond motifs is 1. The van der Waals surface area contributed by atoms with Crippen LogP contribution in [0.1, 0.15) is 37.8 Å². The van der Waals surface area contributed by atoms with Crippen LogP contribution in [0.2, 0.25) is 0 Å². The Morgan fingerprint density at radius 2 is 1.96 bits per heavy atom. The SMILES string of the molecule is NC(=O)c1c(NC(=O)CN2CCN(C(=O)c3ccco3)CC2)sc2c1CCC2. The Labute approximate surface area is 166 Å². The Morgan fingerprint density at radius 1 is 1.18 bits per heavy atom. The van der Waals surface area contributed by atoms with E-state index in [9.17, 15) is 14.4 Å². The number of amides is 3. The molecule has 1 saturated heterocycles. The van der Waals surface area contributed by atoms with Gasteiger partial charge in [0.25, 0.3) is 11.8 Å². The van der Waals surface area contributed by atoms with Gasteiger partial charge in [-0.3, -0.25) is 19.3 Å². The third-order valence-electron chi connectivity index (χ3n) is 5.18. The predicted octanol–water partition coefficient (Wildman–Crippen LogP) is 1.33. The van der Waals surface area contributed by atoms with E-state index in [2.05, 4.69) is 5.32 Å². The van der Waals surface area contributed by atoms with Gasteiger partial charge in [-0.15, -0.1) is 11.3 Å². The van der Waals surface area contributed by atoms with E-state index < -0.39 is 5.91 Å². The number of anilines is 1. The maximum atomic E-state index is 12.5. The first-order valence-corrected chi connectivity index (χ1v) is 10.1. The summed E-state index contributed by atoms with van der Waals surface area (Å²) in [7, 11) is 0. The molecule has 0 bridgehead atoms. The first kappa shape index (κ1) is 18.7. The number of nitrogens with one attached hydrogen (secondary N) is 1. The van der Waals surface area contributed by atoms with Crippen LogP contribution in [0.25, 0.3) is 0 Å². The molecule has 28 heavy (non-hydrogen) atoms. The lowest BCUT2D eigenvalue weighted by Gasteiger charge is -2.33. The Balaban J connectivity index is 1.32. The molecule has 0 saturated carbocycles. The van der Waals surface area contributed by atoms with Crippen LogP contribution >= 0.6 is 11.3 Å². The minimum absolute atomic E-state index is 0.131. The van der Waals surface area contributed by atoms with E-state index in [1.54, 1.807) is 17.0 Å². The van der Waals surface area contributed by atoms with Gasteiger partial charge in [0.15, 0.2) is 5.76 Å². The highest BCUT2D eigenvalue weighted by molar-refractivity contribution is 7.17. The van der Waals surface area contributed by atoms with E-state index >= 15 is 0 Å². The van der Waals surface area contributed by atoms with Crippen molar-refractivity contribution >= 4 is 34.1 Å². The van der Waals surface area contributed by atoms with Gasteiger partial charge in [-0.05, 0) is 37.0 Å². The topological polar surface area (TPSA) is 109 Å². The molecular weight excluding hydrogens is 380 g/mol. The van der Waals surface area contributed by atoms with Gasteiger partial charge >= 0.3 is 0 Å². The molecule has 1 aliphatic heterocycles. The zero-order valence-electron chi connectivity index (χ0n) is 15.4. The monoisotopic (exact) mass is 402 g/mol. The molecule has 1 aliphatic carbocycles. The van der Waals surface area contributed by atoms with E-state index in [0.717, 1.165) is 29.7 Å². The number of nitrogens with two attached hydrogens (primary N) is 1. The number of furan rings is 1. The van der Waals surface area contributed by atoms with Gasteiger partial charge in [-0.25, -0.2) is 0 Å². The molecule has 2 aromatic heterocycles. The van der Waals surface area contributed by atoms with Crippen molar-refractivity contribution in [2.75, 3.05) is 38.0 Å². The number of carbonyl (C=O) groups is 3. The van der Waals surface area contributed by atoms with Gasteiger partial charge in [0.05, 0.1) is 18.4 Å². The van der Waals surface area contributed by atoms with Crippen LogP contribution in [0.3, 0.4) is 0 Å². The lowest BCUT2D eigenvalue weighted by Crippen LogP contribution is -2.50. The maximum Gasteiger partial charge on any atom is 0.289 e. The predicted molar refractivity (Wildman–Crippen MR) is 105 cm³/mol. The van der Waals surface area contributed by atoms with E-state index in [4.69, 9.17) is 10.2 Å². The zero-order chi connectivity index (χ0) is 19.7. The number of thiophene rings is 1. The third-order valence-corrected chi connectivity index (χ3v) is 6.39. The second kappa shape index (κ2) is 7.76. The Morgan fingerprint density at radius 3 is 2.64 bits per heavy atom. The number of hydrogen-bond acceptors (Lipinski definition) is 6. The summed E-state index contributed by atoms with van der Waals surface area (Å²) in [4.78, 5) is 41.5. The summed E-state index contributed by atoms with van der Waals surface area (Å²) < 4.78 is 5.16. The molecule has 8 nitrogen and oxygen atoms in total. The van der Waals surface area contributed by atoms with Crippen molar-refractivity contribution in [3.05, 3.63) is 40.2 Å². The van der Waals surface area contributed by atoms with Crippen molar-refractivity contribution in [3.63, 3.8) is 0 Å². The van der Waals surface area contributed by atoms with Crippen LogP contribution in [0.5, 0.6) is 0 Å². The Kier molecular flexibility index (Phi) is 5.19. The smallest absolute Gasteiger partial charge is 0.289 e. The van der Waals surface area contributed by atoms with Crippen LogP contribution in [-0.2, 0) is 17.6 Å². The molecule has 9 heteroatoms. The normalized spacial score (nSPS) is 16.8. The van der Waals surface area contributed by atoms with Gasteiger partial charge in [0, 0.05) is 31.1 Å². The molecule has 0 atom stereocenters. The molecule has 0 unspecified atom stereocenters. The number of aryl methyl sites for hydroxylation is 1. The fraction of sp³-hybridized carbons (Fsp3) is 0.421. The molecule has 0 spiro atoms. The lowest BCUT2D eigenvalue weighted by molar-refractivity contribution is -0.117. The summed E-state index contributed by atoms with van der Waals surface area (Å²) in [6, 6.07) is 3.34. The minimum Gasteiger partial charge on any atom is -0.459 e. The summed E-state index contributed by atoms with van der Waals surface area (Å²) in [5.41, 5.74) is 7.01. The number of rotatable bonds is 5. The molecule has 3 N–H and O–H groups in total. The summed E-state index contributed by atoms with van der Waals surface area (Å²) in [6.07, 6.45) is 4.28. The highest BCUT2D eigenvalue weighted by atomic mass is 32.1. The first-order chi connectivity index (χ1) is 13.5. The molecule has 3 heterocycles. The van der Waals surface area contributed by atoms with Crippen LogP contribution in [0, 0.1) is 0 Å². The number of carbonyl (C=O) groups excluding carboxylic acids is 3. The summed E-state index contributed by atoms with van der Waals surface area (Å²) in [5, 5.41) is 3.43. The first-order valence-electron chi connectivity index (χ1n) is 9.32. The van der Waals surface area contributed by atoms with E-state index in [0.29, 0.717) is 42.5 Å². The molecule has 1 fully saturated rings. The molecule has 4 rings (SSSR count). The fourth-order valence-corrected chi connectivity index (χ4v) is 5.10. The third kappa shape index (κ3) is 3.67. The van der Waals surface area contributed by atoms with Crippen LogP contribution < -0.4 is 11.1 Å². The molecule has 0 radical (unpaired) electrons. The molecular formula is C19H22N4O4S. The van der Waals surface area contributed by atoms with Gasteiger partial charge in [-0.2, -0.15) is 0 Å². The Bertz CT molecular complexity index is 897. The number of nitrogens with zero attached hydrogens (tertiary/aromatic N) is 2. The van der Waals surface area contributed by atoms with Crippen LogP contribution in [-0.4, -0.2) is 60.2 Å². The standard InChI is InChI=1S/C19H22N4O4S/c20-17(25)16-12-3-1-5-14(12)28-18(16)21-15(24)11-22-6-8-23(9-7-22)19(26)13-4-2-10-27-13/h2,4,10H,1,3,5-9,11H2,(H2,20,25)(H,21,24). The van der Waals surface area contributed by atoms with Crippen molar-refractivity contribution < 1.29 is 18.8 Å². The van der Waals surface area contributed by atoms with Gasteiger partial charge < -0.3 is 20.4 Å². The van der Waals surface area contributed by atoms with Crippen molar-refractivity contribution in [2.24, 2.45) is 5.73 Å². The molecule has 3 amide bonds. The van der Waals surface area contributed by atoms with E-state index in [-0.39, 0.29) is 18.4 Å². The fourth-order valence-electron chi connectivity index (χ4n) is 3.79. The van der Waals surface area contributed by atoms with Crippen molar-refractivity contribution in [2.45, 2.75) is 19.3 Å². The molecule has 2 aliphatic rings. The van der Waals surface area contributed by atoms with Crippen molar-refractivity contribution in [3.8, 4) is 0 Å². The second-order valence-corrected chi connectivity index (χ2v) is 8.12. The lowest BCUT2D eigenvalue weighted by atomic mass is 10.1. The van der Waals surface area contributed by atoms with Crippen LogP contribution in [0.4, 0.5) is 5.00 Å². The molecule has 0 aromatic carbocycles. The Hall–Kier alpha value is -2.65. The average Bonchev–Trinajstić information content (AvgIpc) is 3.38. The second-order valence-electron chi connectivity index (χ2n) is 7.02. The molecule has 148 valence electrons. The largest absolute Gasteiger partial charge is 0.459 e. The van der Waals surface area contributed by atoms with Crippen molar-refractivity contribution in [1.29, 1.82) is 0 Å². The van der Waals surface area contributed by atoms with Crippen LogP contribution in [0.15, 0.2) is 22.8 Å². The van der Waals surface area contributed by atoms with E-state index in [1.807, 2.05) is 4.90 Å². The summed E-state index contributed by atoms with van der Waals surface area (Å²) in [5.74, 6) is -0.461. The van der Waals surface area contributed by atoms with Gasteiger partial charge in [0.2, 0.25) is 5.91 Å². The summed E-state index contributed by atoms with van der Waals surface area (Å²) >= 11 is 1.46. The van der Waals surface area contributed by atoms with E-state index in [1.165, 1.54) is 17.6 Å². The van der Waals surface area contributed by atoms with Gasteiger partial charge in [-0.1, -0.05) is 0 Å². The molecule has 2 aromatic rings. The maximum absolute atomic E-state index is 12.5. The minimum atomic E-state index is -0.486. The number of hydrogen-bond donors (Lipinski definition) is 2. The quantitative estimate of drug-likeness (QED) is 0.784. The van der Waals surface area contributed by atoms with Crippen molar-refractivity contribution in [1.82, 2.24) is 9.80 Å².